The standard InChI is InChI=1S/C13H15NO4/c1-18-8-11(15)14-7-6-9-4-2-3-5-10(9)12(14)13(16)17/h2-5,12H,6-8H2,1H3,(H,16,17). The summed E-state index contributed by atoms with van der Waals surface area (Å²) in [6.45, 7) is 0.322. The molecule has 5 heteroatoms. The number of rotatable bonds is 3. The van der Waals surface area contributed by atoms with E-state index < -0.39 is 12.0 Å². The average molecular weight is 249 g/mol. The Morgan fingerprint density at radius 2 is 2.17 bits per heavy atom. The predicted octanol–water partition coefficient (Wildman–Crippen LogP) is 0.843. The van der Waals surface area contributed by atoms with Crippen molar-refractivity contribution >= 4 is 11.9 Å². The molecule has 0 spiro atoms. The molecule has 1 aromatic rings. The highest BCUT2D eigenvalue weighted by Crippen LogP contribution is 2.29. The molecule has 0 aromatic heterocycles. The van der Waals surface area contributed by atoms with Crippen LogP contribution < -0.4 is 0 Å². The number of ether oxygens (including phenoxy) is 1. The smallest absolute Gasteiger partial charge is 0.331 e. The maximum Gasteiger partial charge on any atom is 0.331 e. The number of carbonyl (C=O) groups excluding carboxylic acids is 1. The van der Waals surface area contributed by atoms with Crippen molar-refractivity contribution in [3.05, 3.63) is 35.4 Å². The van der Waals surface area contributed by atoms with E-state index in [1.54, 1.807) is 12.1 Å². The number of nitrogens with zero attached hydrogens (tertiary/aromatic N) is 1. The first kappa shape index (κ1) is 12.6. The van der Waals surface area contributed by atoms with Crippen LogP contribution in [0, 0.1) is 0 Å². The van der Waals surface area contributed by atoms with E-state index in [2.05, 4.69) is 0 Å². The topological polar surface area (TPSA) is 66.8 Å². The Bertz CT molecular complexity index is 472. The highest BCUT2D eigenvalue weighted by molar-refractivity contribution is 5.86. The molecule has 1 heterocycles. The lowest BCUT2D eigenvalue weighted by Gasteiger charge is -2.34. The number of hydrogen-bond acceptors (Lipinski definition) is 3. The summed E-state index contributed by atoms with van der Waals surface area (Å²) in [6, 6.07) is 6.44. The summed E-state index contributed by atoms with van der Waals surface area (Å²) in [4.78, 5) is 24.6. The SMILES string of the molecule is COCC(=O)N1CCc2ccccc2C1C(=O)O. The molecule has 1 aromatic carbocycles. The number of carbonyl (C=O) groups is 2. The molecule has 1 N–H and O–H groups in total. The number of aliphatic carboxylic acids is 1. The number of fused-ring (bicyclic) bond motifs is 1. The van der Waals surface area contributed by atoms with E-state index in [0.717, 1.165) is 5.56 Å². The van der Waals surface area contributed by atoms with E-state index in [1.807, 2.05) is 12.1 Å². The summed E-state index contributed by atoms with van der Waals surface area (Å²) in [7, 11) is 1.42. The molecule has 0 saturated heterocycles. The Morgan fingerprint density at radius 1 is 1.44 bits per heavy atom. The van der Waals surface area contributed by atoms with Crippen LogP contribution in [0.5, 0.6) is 0 Å². The van der Waals surface area contributed by atoms with E-state index in [0.29, 0.717) is 18.5 Å². The maximum absolute atomic E-state index is 11.9. The van der Waals surface area contributed by atoms with Crippen molar-refractivity contribution in [2.45, 2.75) is 12.5 Å². The normalized spacial score (nSPS) is 18.3. The Kier molecular flexibility index (Phi) is 3.62. The summed E-state index contributed by atoms with van der Waals surface area (Å²) in [5.74, 6) is -1.30. The molecule has 1 unspecified atom stereocenters. The molecule has 0 fully saturated rings. The van der Waals surface area contributed by atoms with Crippen LogP contribution in [0.4, 0.5) is 0 Å². The summed E-state index contributed by atoms with van der Waals surface area (Å²) >= 11 is 0. The van der Waals surface area contributed by atoms with Gasteiger partial charge in [0.15, 0.2) is 6.04 Å². The second kappa shape index (κ2) is 5.18. The van der Waals surface area contributed by atoms with Gasteiger partial charge >= 0.3 is 5.97 Å². The van der Waals surface area contributed by atoms with Crippen LogP contribution in [0.1, 0.15) is 17.2 Å². The molecular weight excluding hydrogens is 234 g/mol. The molecule has 0 saturated carbocycles. The first-order valence-corrected chi connectivity index (χ1v) is 5.74. The molecule has 1 aliphatic heterocycles. The van der Waals surface area contributed by atoms with Gasteiger partial charge in [-0.2, -0.15) is 0 Å². The molecule has 2 rings (SSSR count). The van der Waals surface area contributed by atoms with Gasteiger partial charge in [-0.1, -0.05) is 24.3 Å². The summed E-state index contributed by atoms with van der Waals surface area (Å²) < 4.78 is 4.79. The number of benzene rings is 1. The highest BCUT2D eigenvalue weighted by Gasteiger charge is 2.35. The van der Waals surface area contributed by atoms with Crippen LogP contribution in [0.25, 0.3) is 0 Å². The number of carboxylic acid groups (broad SMARTS) is 1. The van der Waals surface area contributed by atoms with Crippen molar-refractivity contribution in [3.8, 4) is 0 Å². The molecule has 18 heavy (non-hydrogen) atoms. The fourth-order valence-electron chi connectivity index (χ4n) is 2.31. The Morgan fingerprint density at radius 3 is 2.83 bits per heavy atom. The predicted molar refractivity (Wildman–Crippen MR) is 64.1 cm³/mol. The van der Waals surface area contributed by atoms with Gasteiger partial charge in [0.05, 0.1) is 0 Å². The second-order valence-electron chi connectivity index (χ2n) is 4.21. The summed E-state index contributed by atoms with van der Waals surface area (Å²) in [5.41, 5.74) is 1.69. The monoisotopic (exact) mass is 249 g/mol. The molecule has 0 aliphatic carbocycles. The minimum absolute atomic E-state index is 0.0913. The summed E-state index contributed by atoms with van der Waals surface area (Å²) in [5, 5.41) is 9.34. The fourth-order valence-corrected chi connectivity index (χ4v) is 2.31. The van der Waals surface area contributed by atoms with E-state index in [4.69, 9.17) is 4.74 Å². The Labute approximate surface area is 105 Å². The van der Waals surface area contributed by atoms with E-state index in [1.165, 1.54) is 12.0 Å². The van der Waals surface area contributed by atoms with Crippen LogP contribution in [0.3, 0.4) is 0 Å². The first-order chi connectivity index (χ1) is 8.65. The third-order valence-electron chi connectivity index (χ3n) is 3.11. The van der Waals surface area contributed by atoms with E-state index >= 15 is 0 Å². The second-order valence-corrected chi connectivity index (χ2v) is 4.21. The quantitative estimate of drug-likeness (QED) is 0.862. The minimum atomic E-state index is -1.01. The van der Waals surface area contributed by atoms with Gasteiger partial charge in [-0.25, -0.2) is 4.79 Å². The van der Waals surface area contributed by atoms with E-state index in [-0.39, 0.29) is 12.5 Å². The zero-order valence-electron chi connectivity index (χ0n) is 10.1. The van der Waals surface area contributed by atoms with Gasteiger partial charge in [-0.15, -0.1) is 0 Å². The highest BCUT2D eigenvalue weighted by atomic mass is 16.5. The lowest BCUT2D eigenvalue weighted by atomic mass is 9.92. The van der Waals surface area contributed by atoms with Crippen LogP contribution in [0.15, 0.2) is 24.3 Å². The zero-order valence-corrected chi connectivity index (χ0v) is 10.1. The molecular formula is C13H15NO4. The molecule has 0 radical (unpaired) electrons. The zero-order chi connectivity index (χ0) is 13.1. The summed E-state index contributed by atoms with van der Waals surface area (Å²) in [6.07, 6.45) is 0.676. The van der Waals surface area contributed by atoms with Gasteiger partial charge in [0.2, 0.25) is 5.91 Å². The number of hydrogen-bond donors (Lipinski definition) is 1. The molecule has 96 valence electrons. The Hall–Kier alpha value is -1.88. The number of amides is 1. The van der Waals surface area contributed by atoms with Gasteiger partial charge in [0.25, 0.3) is 0 Å². The maximum atomic E-state index is 11.9. The minimum Gasteiger partial charge on any atom is -0.479 e. The Balaban J connectivity index is 2.35. The number of carboxylic acids is 1. The van der Waals surface area contributed by atoms with Crippen molar-refractivity contribution in [2.75, 3.05) is 20.3 Å². The molecule has 5 nitrogen and oxygen atoms in total. The third-order valence-corrected chi connectivity index (χ3v) is 3.11. The fraction of sp³-hybridized carbons (Fsp3) is 0.385. The van der Waals surface area contributed by atoms with Crippen LogP contribution in [0.2, 0.25) is 0 Å². The van der Waals surface area contributed by atoms with Crippen molar-refractivity contribution in [2.24, 2.45) is 0 Å². The van der Waals surface area contributed by atoms with Crippen LogP contribution in [-0.4, -0.2) is 42.1 Å². The first-order valence-electron chi connectivity index (χ1n) is 5.74. The number of methoxy groups -OCH3 is 1. The lowest BCUT2D eigenvalue weighted by molar-refractivity contribution is -0.152. The van der Waals surface area contributed by atoms with Gasteiger partial charge in [-0.3, -0.25) is 4.79 Å². The molecule has 1 aliphatic rings. The third kappa shape index (κ3) is 2.22. The van der Waals surface area contributed by atoms with Crippen molar-refractivity contribution in [1.29, 1.82) is 0 Å². The van der Waals surface area contributed by atoms with E-state index in [9.17, 15) is 14.7 Å². The average Bonchev–Trinajstić information content (AvgIpc) is 2.37. The van der Waals surface area contributed by atoms with Crippen molar-refractivity contribution < 1.29 is 19.4 Å². The lowest BCUT2D eigenvalue weighted by Crippen LogP contribution is -2.44. The van der Waals surface area contributed by atoms with Crippen molar-refractivity contribution in [3.63, 3.8) is 0 Å². The molecule has 0 bridgehead atoms. The van der Waals surface area contributed by atoms with Crippen LogP contribution >= 0.6 is 0 Å². The van der Waals surface area contributed by atoms with Crippen LogP contribution in [-0.2, 0) is 20.7 Å². The largest absolute Gasteiger partial charge is 0.479 e. The van der Waals surface area contributed by atoms with Gasteiger partial charge in [-0.05, 0) is 17.5 Å². The molecule has 1 amide bonds. The molecule has 1 atom stereocenters. The van der Waals surface area contributed by atoms with Gasteiger partial charge in [0, 0.05) is 13.7 Å². The van der Waals surface area contributed by atoms with Gasteiger partial charge in [0.1, 0.15) is 6.61 Å². The van der Waals surface area contributed by atoms with Gasteiger partial charge < -0.3 is 14.7 Å². The van der Waals surface area contributed by atoms with Crippen molar-refractivity contribution in [1.82, 2.24) is 4.90 Å².